The smallest absolute Gasteiger partial charge is 0.258 e. The minimum Gasteiger partial charge on any atom is -0.350 e. The monoisotopic (exact) mass is 352 g/mol. The molecule has 0 fully saturated rings. The largest absolute Gasteiger partial charge is 0.350 e. The van der Waals surface area contributed by atoms with Crippen LogP contribution in [-0.4, -0.2) is 22.6 Å². The average molecular weight is 352 g/mol. The molecule has 6 nitrogen and oxygen atoms in total. The molecule has 0 radical (unpaired) electrons. The SMILES string of the molecule is Cc1cc(C(=O)NCC(N)c2ccc(C(C)C)cc2)c2c(C)noc2n1. The first-order valence-corrected chi connectivity index (χ1v) is 8.74. The Balaban J connectivity index is 1.73. The predicted octanol–water partition coefficient (Wildman–Crippen LogP) is 3.39. The van der Waals surface area contributed by atoms with Crippen molar-refractivity contribution in [3.05, 3.63) is 58.4 Å². The number of aryl methyl sites for hydroxylation is 2. The number of hydrogen-bond acceptors (Lipinski definition) is 5. The zero-order valence-corrected chi connectivity index (χ0v) is 15.5. The molecule has 3 rings (SSSR count). The summed E-state index contributed by atoms with van der Waals surface area (Å²) < 4.78 is 5.18. The van der Waals surface area contributed by atoms with E-state index in [0.717, 1.165) is 5.56 Å². The molecule has 0 aliphatic heterocycles. The number of carbonyl (C=O) groups is 1. The molecule has 0 bridgehead atoms. The van der Waals surface area contributed by atoms with Crippen molar-refractivity contribution in [2.45, 2.75) is 39.7 Å². The fraction of sp³-hybridized carbons (Fsp3) is 0.350. The van der Waals surface area contributed by atoms with E-state index in [1.807, 2.05) is 19.1 Å². The van der Waals surface area contributed by atoms with Crippen LogP contribution in [0, 0.1) is 13.8 Å². The summed E-state index contributed by atoms with van der Waals surface area (Å²) in [5, 5.41) is 7.45. The Kier molecular flexibility index (Phi) is 5.04. The lowest BCUT2D eigenvalue weighted by atomic mass is 9.99. The molecule has 2 aromatic heterocycles. The molecule has 0 spiro atoms. The maximum atomic E-state index is 12.7. The standard InChI is InChI=1S/C20H24N4O2/c1-11(2)14-5-7-15(8-6-14)17(21)10-22-19(25)16-9-12(3)23-20-18(16)13(4)24-26-20/h5-9,11,17H,10,21H2,1-4H3,(H,22,25). The fourth-order valence-electron chi connectivity index (χ4n) is 2.94. The maximum Gasteiger partial charge on any atom is 0.258 e. The summed E-state index contributed by atoms with van der Waals surface area (Å²) in [5.74, 6) is 0.269. The molecular weight excluding hydrogens is 328 g/mol. The van der Waals surface area contributed by atoms with Crippen LogP contribution in [0.1, 0.15) is 58.7 Å². The number of aromatic nitrogens is 2. The number of nitrogens with one attached hydrogen (secondary N) is 1. The fourth-order valence-corrected chi connectivity index (χ4v) is 2.94. The molecule has 26 heavy (non-hydrogen) atoms. The Bertz CT molecular complexity index is 929. The third-order valence-electron chi connectivity index (χ3n) is 4.50. The van der Waals surface area contributed by atoms with Crippen LogP contribution in [0.5, 0.6) is 0 Å². The van der Waals surface area contributed by atoms with Gasteiger partial charge in [0.1, 0.15) is 0 Å². The van der Waals surface area contributed by atoms with Crippen molar-refractivity contribution >= 4 is 17.0 Å². The minimum atomic E-state index is -0.276. The maximum absolute atomic E-state index is 12.7. The number of benzene rings is 1. The van der Waals surface area contributed by atoms with E-state index in [4.69, 9.17) is 10.3 Å². The van der Waals surface area contributed by atoms with Crippen molar-refractivity contribution in [1.82, 2.24) is 15.5 Å². The Labute approximate surface area is 152 Å². The van der Waals surface area contributed by atoms with Gasteiger partial charge in [-0.15, -0.1) is 0 Å². The lowest BCUT2D eigenvalue weighted by Crippen LogP contribution is -2.32. The summed E-state index contributed by atoms with van der Waals surface area (Å²) in [6.07, 6.45) is 0. The Hall–Kier alpha value is -2.73. The van der Waals surface area contributed by atoms with E-state index in [2.05, 4.69) is 41.4 Å². The van der Waals surface area contributed by atoms with Gasteiger partial charge in [0.05, 0.1) is 16.6 Å². The number of carbonyl (C=O) groups excluding carboxylic acids is 1. The first-order chi connectivity index (χ1) is 12.4. The molecule has 3 aromatic rings. The third-order valence-corrected chi connectivity index (χ3v) is 4.50. The molecule has 3 N–H and O–H groups in total. The summed E-state index contributed by atoms with van der Waals surface area (Å²) in [6.45, 7) is 8.25. The van der Waals surface area contributed by atoms with Crippen LogP contribution in [0.3, 0.4) is 0 Å². The molecule has 6 heteroatoms. The molecule has 0 saturated heterocycles. The van der Waals surface area contributed by atoms with Gasteiger partial charge in [0, 0.05) is 18.3 Å². The van der Waals surface area contributed by atoms with Gasteiger partial charge < -0.3 is 15.6 Å². The van der Waals surface area contributed by atoms with Crippen LogP contribution < -0.4 is 11.1 Å². The van der Waals surface area contributed by atoms with Gasteiger partial charge in [-0.1, -0.05) is 43.3 Å². The van der Waals surface area contributed by atoms with Crippen LogP contribution in [0.2, 0.25) is 0 Å². The number of rotatable bonds is 5. The molecule has 0 aliphatic carbocycles. The summed E-state index contributed by atoms with van der Waals surface area (Å²) in [7, 11) is 0. The molecule has 136 valence electrons. The van der Waals surface area contributed by atoms with Crippen molar-refractivity contribution in [2.75, 3.05) is 6.54 Å². The normalized spacial score (nSPS) is 12.5. The highest BCUT2D eigenvalue weighted by Crippen LogP contribution is 2.22. The zero-order chi connectivity index (χ0) is 18.8. The van der Waals surface area contributed by atoms with E-state index in [0.29, 0.717) is 40.5 Å². The Morgan fingerprint density at radius 1 is 1.19 bits per heavy atom. The van der Waals surface area contributed by atoms with Crippen molar-refractivity contribution in [1.29, 1.82) is 0 Å². The van der Waals surface area contributed by atoms with Crippen LogP contribution in [-0.2, 0) is 0 Å². The second-order valence-electron chi connectivity index (χ2n) is 6.90. The van der Waals surface area contributed by atoms with Gasteiger partial charge in [0.15, 0.2) is 0 Å². The highest BCUT2D eigenvalue weighted by Gasteiger charge is 2.18. The van der Waals surface area contributed by atoms with E-state index < -0.39 is 0 Å². The van der Waals surface area contributed by atoms with E-state index in [1.165, 1.54) is 5.56 Å². The quantitative estimate of drug-likeness (QED) is 0.734. The van der Waals surface area contributed by atoms with Crippen molar-refractivity contribution in [2.24, 2.45) is 5.73 Å². The van der Waals surface area contributed by atoms with E-state index in [-0.39, 0.29) is 11.9 Å². The summed E-state index contributed by atoms with van der Waals surface area (Å²) in [4.78, 5) is 16.9. The van der Waals surface area contributed by atoms with Crippen LogP contribution in [0.4, 0.5) is 0 Å². The number of amides is 1. The molecule has 0 aliphatic rings. The second kappa shape index (κ2) is 7.25. The zero-order valence-electron chi connectivity index (χ0n) is 15.5. The first kappa shape index (κ1) is 18.1. The molecule has 1 unspecified atom stereocenters. The minimum absolute atomic E-state index is 0.207. The number of pyridine rings is 1. The lowest BCUT2D eigenvalue weighted by molar-refractivity contribution is 0.0952. The first-order valence-electron chi connectivity index (χ1n) is 8.74. The van der Waals surface area contributed by atoms with Gasteiger partial charge in [-0.25, -0.2) is 4.98 Å². The highest BCUT2D eigenvalue weighted by molar-refractivity contribution is 6.06. The Morgan fingerprint density at radius 2 is 1.85 bits per heavy atom. The van der Waals surface area contributed by atoms with Gasteiger partial charge in [0.25, 0.3) is 11.6 Å². The van der Waals surface area contributed by atoms with Crippen molar-refractivity contribution in [3.63, 3.8) is 0 Å². The Morgan fingerprint density at radius 3 is 2.50 bits per heavy atom. The number of fused-ring (bicyclic) bond motifs is 1. The van der Waals surface area contributed by atoms with Crippen LogP contribution in [0.25, 0.3) is 11.1 Å². The summed E-state index contributed by atoms with van der Waals surface area (Å²) in [6, 6.07) is 9.67. The molecule has 1 aromatic carbocycles. The lowest BCUT2D eigenvalue weighted by Gasteiger charge is -2.15. The van der Waals surface area contributed by atoms with Crippen LogP contribution >= 0.6 is 0 Å². The number of hydrogen-bond donors (Lipinski definition) is 2. The number of nitrogens with two attached hydrogens (primary N) is 1. The van der Waals surface area contributed by atoms with E-state index in [1.54, 1.807) is 13.0 Å². The molecule has 2 heterocycles. The van der Waals surface area contributed by atoms with Crippen molar-refractivity contribution < 1.29 is 9.32 Å². The van der Waals surface area contributed by atoms with Gasteiger partial charge >= 0.3 is 0 Å². The average Bonchev–Trinajstić information content (AvgIpc) is 2.99. The summed E-state index contributed by atoms with van der Waals surface area (Å²) >= 11 is 0. The third kappa shape index (κ3) is 3.60. The van der Waals surface area contributed by atoms with Crippen molar-refractivity contribution in [3.8, 4) is 0 Å². The van der Waals surface area contributed by atoms with Gasteiger partial charge in [-0.3, -0.25) is 4.79 Å². The molecule has 1 amide bonds. The van der Waals surface area contributed by atoms with E-state index in [9.17, 15) is 4.79 Å². The predicted molar refractivity (Wildman–Crippen MR) is 101 cm³/mol. The topological polar surface area (TPSA) is 94.0 Å². The van der Waals surface area contributed by atoms with Gasteiger partial charge in [0.2, 0.25) is 0 Å². The second-order valence-corrected chi connectivity index (χ2v) is 6.90. The van der Waals surface area contributed by atoms with Gasteiger partial charge in [-0.2, -0.15) is 0 Å². The molecular formula is C20H24N4O2. The van der Waals surface area contributed by atoms with Gasteiger partial charge in [-0.05, 0) is 37.0 Å². The number of nitrogens with zero attached hydrogens (tertiary/aromatic N) is 2. The van der Waals surface area contributed by atoms with E-state index >= 15 is 0 Å². The highest BCUT2D eigenvalue weighted by atomic mass is 16.5. The molecule has 1 atom stereocenters. The summed E-state index contributed by atoms with van der Waals surface area (Å²) in [5.41, 5.74) is 10.7. The molecule has 0 saturated carbocycles. The van der Waals surface area contributed by atoms with Crippen LogP contribution in [0.15, 0.2) is 34.9 Å².